The van der Waals surface area contributed by atoms with Crippen LogP contribution >= 0.6 is 0 Å². The molecule has 0 radical (unpaired) electrons. The molecule has 0 fully saturated rings. The summed E-state index contributed by atoms with van der Waals surface area (Å²) >= 11 is 0. The van der Waals surface area contributed by atoms with Crippen LogP contribution in [0, 0.1) is 0 Å². The summed E-state index contributed by atoms with van der Waals surface area (Å²) in [6.45, 7) is 9.38. The van der Waals surface area contributed by atoms with E-state index in [9.17, 15) is 9.59 Å². The third-order valence-electron chi connectivity index (χ3n) is 2.47. The summed E-state index contributed by atoms with van der Waals surface area (Å²) in [7, 11) is 1.55. The first-order chi connectivity index (χ1) is 8.99. The molecule has 0 atom stereocenters. The van der Waals surface area contributed by atoms with Gasteiger partial charge in [-0.05, 0) is 17.5 Å². The van der Waals surface area contributed by atoms with Crippen molar-refractivity contribution < 1.29 is 14.3 Å². The minimum atomic E-state index is -0.212. The van der Waals surface area contributed by atoms with E-state index in [1.807, 2.05) is 33.8 Å². The third-order valence-corrected chi connectivity index (χ3v) is 2.47. The quantitative estimate of drug-likeness (QED) is 0.846. The number of aldehydes is 1. The Balaban J connectivity index is 0.00000154. The summed E-state index contributed by atoms with van der Waals surface area (Å²) in [5.41, 5.74) is 1.87. The number of methoxy groups -OCH3 is 1. The van der Waals surface area contributed by atoms with Crippen molar-refractivity contribution in [1.29, 1.82) is 0 Å². The largest absolute Gasteiger partial charge is 0.497 e. The van der Waals surface area contributed by atoms with E-state index in [1.54, 1.807) is 13.2 Å². The van der Waals surface area contributed by atoms with Gasteiger partial charge < -0.3 is 10.1 Å². The van der Waals surface area contributed by atoms with Crippen molar-refractivity contribution in [2.24, 2.45) is 0 Å². The Morgan fingerprint density at radius 3 is 2.26 bits per heavy atom. The van der Waals surface area contributed by atoms with Crippen LogP contribution in [0.25, 0.3) is 0 Å². The maximum Gasteiger partial charge on any atom is 0.221 e. The van der Waals surface area contributed by atoms with Crippen LogP contribution in [0.4, 0.5) is 5.69 Å². The minimum absolute atomic E-state index is 0.179. The van der Waals surface area contributed by atoms with E-state index in [1.165, 1.54) is 6.92 Å². The molecule has 1 aromatic carbocycles. The van der Waals surface area contributed by atoms with Gasteiger partial charge in [0.1, 0.15) is 5.75 Å². The predicted molar refractivity (Wildman–Crippen MR) is 78.1 cm³/mol. The van der Waals surface area contributed by atoms with E-state index < -0.39 is 0 Å². The van der Waals surface area contributed by atoms with Crippen molar-refractivity contribution >= 4 is 17.9 Å². The summed E-state index contributed by atoms with van der Waals surface area (Å²) in [6.07, 6.45) is 0.764. The summed E-state index contributed by atoms with van der Waals surface area (Å²) in [4.78, 5) is 22.2. The molecular formula is C15H23NO3. The fourth-order valence-corrected chi connectivity index (χ4v) is 1.67. The van der Waals surface area contributed by atoms with Gasteiger partial charge in [0, 0.05) is 18.6 Å². The fourth-order valence-electron chi connectivity index (χ4n) is 1.67. The van der Waals surface area contributed by atoms with Crippen LogP contribution in [0.5, 0.6) is 5.75 Å². The molecule has 1 aromatic rings. The molecule has 106 valence electrons. The molecule has 4 nitrogen and oxygen atoms in total. The predicted octanol–water partition coefficient (Wildman–Crippen LogP) is 3.62. The zero-order chi connectivity index (χ0) is 15.0. The normalized spacial score (nSPS) is 9.42. The summed E-state index contributed by atoms with van der Waals surface area (Å²) in [6, 6.07) is 3.47. The average Bonchev–Trinajstić information content (AvgIpc) is 2.39. The van der Waals surface area contributed by atoms with Gasteiger partial charge in [0.05, 0.1) is 12.8 Å². The molecular weight excluding hydrogens is 242 g/mol. The molecule has 1 amide bonds. The summed E-state index contributed by atoms with van der Waals surface area (Å²) in [5.74, 6) is 0.594. The zero-order valence-corrected chi connectivity index (χ0v) is 12.5. The number of carbonyl (C=O) groups excluding carboxylic acids is 2. The summed E-state index contributed by atoms with van der Waals surface area (Å²) < 4.78 is 5.16. The van der Waals surface area contributed by atoms with E-state index in [2.05, 4.69) is 5.32 Å². The first-order valence-corrected chi connectivity index (χ1v) is 6.44. The fraction of sp³-hybridized carbons (Fsp3) is 0.467. The number of rotatable bonds is 4. The van der Waals surface area contributed by atoms with Crippen LogP contribution in [0.1, 0.15) is 56.5 Å². The number of benzene rings is 1. The molecule has 19 heavy (non-hydrogen) atoms. The topological polar surface area (TPSA) is 55.4 Å². The van der Waals surface area contributed by atoms with Crippen LogP contribution in [0.2, 0.25) is 0 Å². The van der Waals surface area contributed by atoms with Crippen LogP contribution in [-0.2, 0) is 4.79 Å². The number of hydrogen-bond donors (Lipinski definition) is 1. The Morgan fingerprint density at radius 2 is 1.89 bits per heavy atom. The number of hydrogen-bond acceptors (Lipinski definition) is 3. The van der Waals surface area contributed by atoms with Crippen molar-refractivity contribution in [3.05, 3.63) is 23.3 Å². The Morgan fingerprint density at radius 1 is 1.32 bits per heavy atom. The van der Waals surface area contributed by atoms with Gasteiger partial charge in [0.2, 0.25) is 5.91 Å². The Bertz CT molecular complexity index is 439. The van der Waals surface area contributed by atoms with Crippen molar-refractivity contribution in [2.75, 3.05) is 12.4 Å². The molecule has 0 saturated heterocycles. The standard InChI is InChI=1S/C13H17NO3.C2H6/c1-8(2)11-5-10(17-4)6-13(12(11)7-15)14-9(3)16;1-2/h5-8H,1-4H3,(H,14,16);1-2H3. The lowest BCUT2D eigenvalue weighted by atomic mass is 9.96. The second-order valence-electron chi connectivity index (χ2n) is 4.13. The Labute approximate surface area is 115 Å². The highest BCUT2D eigenvalue weighted by molar-refractivity contribution is 5.96. The lowest BCUT2D eigenvalue weighted by Crippen LogP contribution is -2.10. The van der Waals surface area contributed by atoms with E-state index >= 15 is 0 Å². The number of ether oxygens (including phenoxy) is 1. The lowest BCUT2D eigenvalue weighted by Gasteiger charge is -2.15. The number of carbonyl (C=O) groups is 2. The van der Waals surface area contributed by atoms with Crippen LogP contribution in [0.3, 0.4) is 0 Å². The molecule has 0 unspecified atom stereocenters. The highest BCUT2D eigenvalue weighted by Crippen LogP contribution is 2.30. The molecule has 0 saturated carbocycles. The molecule has 0 aliphatic rings. The molecule has 0 heterocycles. The van der Waals surface area contributed by atoms with Gasteiger partial charge in [-0.2, -0.15) is 0 Å². The average molecular weight is 265 g/mol. The maximum absolute atomic E-state index is 11.1. The van der Waals surface area contributed by atoms with Crippen LogP contribution in [-0.4, -0.2) is 19.3 Å². The molecule has 0 aliphatic carbocycles. The molecule has 0 bridgehead atoms. The second-order valence-corrected chi connectivity index (χ2v) is 4.13. The number of anilines is 1. The first kappa shape index (κ1) is 17.2. The number of nitrogens with one attached hydrogen (secondary N) is 1. The van der Waals surface area contributed by atoms with Gasteiger partial charge in [-0.25, -0.2) is 0 Å². The Hall–Kier alpha value is -1.84. The van der Waals surface area contributed by atoms with Gasteiger partial charge in [-0.3, -0.25) is 9.59 Å². The second kappa shape index (κ2) is 8.29. The van der Waals surface area contributed by atoms with Gasteiger partial charge in [0.25, 0.3) is 0 Å². The van der Waals surface area contributed by atoms with Crippen LogP contribution < -0.4 is 10.1 Å². The lowest BCUT2D eigenvalue weighted by molar-refractivity contribution is -0.114. The van der Waals surface area contributed by atoms with E-state index in [-0.39, 0.29) is 11.8 Å². The minimum Gasteiger partial charge on any atom is -0.497 e. The van der Waals surface area contributed by atoms with Crippen LogP contribution in [0.15, 0.2) is 12.1 Å². The van der Waals surface area contributed by atoms with Gasteiger partial charge in [-0.15, -0.1) is 0 Å². The third kappa shape index (κ3) is 4.73. The smallest absolute Gasteiger partial charge is 0.221 e. The van der Waals surface area contributed by atoms with Gasteiger partial charge in [0.15, 0.2) is 6.29 Å². The van der Waals surface area contributed by atoms with Crippen molar-refractivity contribution in [3.63, 3.8) is 0 Å². The summed E-state index contributed by atoms with van der Waals surface area (Å²) in [5, 5.41) is 2.64. The van der Waals surface area contributed by atoms with Crippen molar-refractivity contribution in [1.82, 2.24) is 0 Å². The highest BCUT2D eigenvalue weighted by Gasteiger charge is 2.14. The van der Waals surface area contributed by atoms with E-state index in [0.717, 1.165) is 11.8 Å². The zero-order valence-electron chi connectivity index (χ0n) is 12.5. The monoisotopic (exact) mass is 265 g/mol. The maximum atomic E-state index is 11.1. The van der Waals surface area contributed by atoms with Gasteiger partial charge >= 0.3 is 0 Å². The molecule has 4 heteroatoms. The Kier molecular flexibility index (Phi) is 7.49. The van der Waals surface area contributed by atoms with E-state index in [4.69, 9.17) is 4.74 Å². The van der Waals surface area contributed by atoms with Crippen molar-refractivity contribution in [3.8, 4) is 5.75 Å². The molecule has 0 aliphatic heterocycles. The first-order valence-electron chi connectivity index (χ1n) is 6.44. The number of amides is 1. The molecule has 1 rings (SSSR count). The molecule has 0 spiro atoms. The van der Waals surface area contributed by atoms with Gasteiger partial charge in [-0.1, -0.05) is 27.7 Å². The van der Waals surface area contributed by atoms with Crippen molar-refractivity contribution in [2.45, 2.75) is 40.5 Å². The van der Waals surface area contributed by atoms with E-state index in [0.29, 0.717) is 17.0 Å². The highest BCUT2D eigenvalue weighted by atomic mass is 16.5. The molecule has 1 N–H and O–H groups in total. The molecule has 0 aromatic heterocycles. The SMILES string of the molecule is CC.COc1cc(NC(C)=O)c(C=O)c(C(C)C)c1.